The van der Waals surface area contributed by atoms with E-state index in [4.69, 9.17) is 9.47 Å². The van der Waals surface area contributed by atoms with Crippen LogP contribution < -0.4 is 10.1 Å². The monoisotopic (exact) mass is 299 g/mol. The van der Waals surface area contributed by atoms with Crippen molar-refractivity contribution in [2.24, 2.45) is 5.92 Å². The van der Waals surface area contributed by atoms with Gasteiger partial charge in [-0.2, -0.15) is 0 Å². The van der Waals surface area contributed by atoms with Crippen LogP contribution in [0, 0.1) is 11.7 Å². The SMILES string of the molecule is CCOCC(NCC(O)COc1ccc(F)cc1)C(C)C. The third-order valence-corrected chi connectivity index (χ3v) is 3.18. The molecule has 0 bridgehead atoms. The van der Waals surface area contributed by atoms with Crippen molar-refractivity contribution in [3.63, 3.8) is 0 Å². The number of halogens is 1. The van der Waals surface area contributed by atoms with Crippen molar-refractivity contribution in [3.05, 3.63) is 30.1 Å². The van der Waals surface area contributed by atoms with Crippen molar-refractivity contribution in [2.75, 3.05) is 26.4 Å². The first-order chi connectivity index (χ1) is 10.0. The number of aliphatic hydroxyl groups is 1. The lowest BCUT2D eigenvalue weighted by Gasteiger charge is -2.23. The largest absolute Gasteiger partial charge is 0.491 e. The molecule has 2 unspecified atom stereocenters. The van der Waals surface area contributed by atoms with Crippen molar-refractivity contribution in [1.82, 2.24) is 5.32 Å². The molecule has 0 radical (unpaired) electrons. The summed E-state index contributed by atoms with van der Waals surface area (Å²) in [6.07, 6.45) is -0.627. The molecule has 1 aromatic carbocycles. The van der Waals surface area contributed by atoms with E-state index in [1.807, 2.05) is 6.92 Å². The molecular formula is C16H26FNO3. The number of rotatable bonds is 10. The molecule has 0 aliphatic carbocycles. The van der Waals surface area contributed by atoms with E-state index in [1.165, 1.54) is 12.1 Å². The summed E-state index contributed by atoms with van der Waals surface area (Å²) >= 11 is 0. The Labute approximate surface area is 126 Å². The smallest absolute Gasteiger partial charge is 0.123 e. The number of benzene rings is 1. The van der Waals surface area contributed by atoms with Crippen molar-refractivity contribution >= 4 is 0 Å². The van der Waals surface area contributed by atoms with Crippen LogP contribution in [0.2, 0.25) is 0 Å². The summed E-state index contributed by atoms with van der Waals surface area (Å²) < 4.78 is 23.6. The van der Waals surface area contributed by atoms with Crippen LogP contribution in [0.5, 0.6) is 5.75 Å². The van der Waals surface area contributed by atoms with Gasteiger partial charge in [0.1, 0.15) is 24.3 Å². The highest BCUT2D eigenvalue weighted by atomic mass is 19.1. The molecule has 0 aromatic heterocycles. The Kier molecular flexibility index (Phi) is 8.27. The second-order valence-electron chi connectivity index (χ2n) is 5.34. The third-order valence-electron chi connectivity index (χ3n) is 3.18. The van der Waals surface area contributed by atoms with Gasteiger partial charge in [0.2, 0.25) is 0 Å². The normalized spacial score (nSPS) is 14.2. The number of nitrogens with one attached hydrogen (secondary N) is 1. The van der Waals surface area contributed by atoms with Crippen molar-refractivity contribution in [1.29, 1.82) is 0 Å². The van der Waals surface area contributed by atoms with E-state index in [0.29, 0.717) is 31.4 Å². The highest BCUT2D eigenvalue weighted by molar-refractivity contribution is 5.22. The highest BCUT2D eigenvalue weighted by Crippen LogP contribution is 2.11. The fourth-order valence-corrected chi connectivity index (χ4v) is 1.80. The Balaban J connectivity index is 2.28. The maximum atomic E-state index is 12.7. The van der Waals surface area contributed by atoms with Crippen LogP contribution in [-0.4, -0.2) is 43.6 Å². The average Bonchev–Trinajstić information content (AvgIpc) is 2.46. The Hall–Kier alpha value is -1.17. The van der Waals surface area contributed by atoms with Crippen molar-refractivity contribution < 1.29 is 19.0 Å². The van der Waals surface area contributed by atoms with Gasteiger partial charge in [-0.3, -0.25) is 0 Å². The summed E-state index contributed by atoms with van der Waals surface area (Å²) in [6.45, 7) is 8.08. The second kappa shape index (κ2) is 9.71. The zero-order chi connectivity index (χ0) is 15.7. The Morgan fingerprint density at radius 1 is 1.19 bits per heavy atom. The summed E-state index contributed by atoms with van der Waals surface area (Å²) in [5, 5.41) is 13.2. The van der Waals surface area contributed by atoms with E-state index >= 15 is 0 Å². The molecule has 0 aliphatic rings. The Morgan fingerprint density at radius 3 is 2.43 bits per heavy atom. The molecule has 1 rings (SSSR count). The number of hydrogen-bond acceptors (Lipinski definition) is 4. The molecule has 0 amide bonds. The van der Waals surface area contributed by atoms with E-state index < -0.39 is 6.10 Å². The lowest BCUT2D eigenvalue weighted by atomic mass is 10.1. The van der Waals surface area contributed by atoms with Crippen LogP contribution >= 0.6 is 0 Å². The van der Waals surface area contributed by atoms with Gasteiger partial charge < -0.3 is 19.9 Å². The van der Waals surface area contributed by atoms with Crippen molar-refractivity contribution in [2.45, 2.75) is 32.9 Å². The average molecular weight is 299 g/mol. The van der Waals surface area contributed by atoms with Gasteiger partial charge in [-0.1, -0.05) is 13.8 Å². The number of ether oxygens (including phenoxy) is 2. The first-order valence-corrected chi connectivity index (χ1v) is 7.40. The number of hydrogen-bond donors (Lipinski definition) is 2. The maximum Gasteiger partial charge on any atom is 0.123 e. The van der Waals surface area contributed by atoms with Gasteiger partial charge in [0, 0.05) is 19.2 Å². The fraction of sp³-hybridized carbons (Fsp3) is 0.625. The molecular weight excluding hydrogens is 273 g/mol. The van der Waals surface area contributed by atoms with Gasteiger partial charge in [0.05, 0.1) is 6.61 Å². The topological polar surface area (TPSA) is 50.7 Å². The summed E-state index contributed by atoms with van der Waals surface area (Å²) in [6, 6.07) is 5.95. The zero-order valence-corrected chi connectivity index (χ0v) is 13.0. The molecule has 5 heteroatoms. The first-order valence-electron chi connectivity index (χ1n) is 7.40. The van der Waals surface area contributed by atoms with Gasteiger partial charge in [-0.25, -0.2) is 4.39 Å². The summed E-state index contributed by atoms with van der Waals surface area (Å²) in [5.74, 6) is 0.659. The van der Waals surface area contributed by atoms with E-state index in [-0.39, 0.29) is 18.5 Å². The van der Waals surface area contributed by atoms with Gasteiger partial charge in [0.15, 0.2) is 0 Å². The quantitative estimate of drug-likeness (QED) is 0.695. The molecule has 0 fully saturated rings. The van der Waals surface area contributed by atoms with Crippen LogP contribution in [-0.2, 0) is 4.74 Å². The molecule has 120 valence electrons. The molecule has 0 saturated carbocycles. The van der Waals surface area contributed by atoms with E-state index in [1.54, 1.807) is 12.1 Å². The molecule has 0 saturated heterocycles. The van der Waals surface area contributed by atoms with Crippen LogP contribution in [0.25, 0.3) is 0 Å². The second-order valence-corrected chi connectivity index (χ2v) is 5.34. The van der Waals surface area contributed by atoms with Gasteiger partial charge in [0.25, 0.3) is 0 Å². The van der Waals surface area contributed by atoms with Crippen LogP contribution in [0.1, 0.15) is 20.8 Å². The standard InChI is InChI=1S/C16H26FNO3/c1-4-20-11-16(12(2)3)18-9-14(19)10-21-15-7-5-13(17)6-8-15/h5-8,12,14,16,18-19H,4,9-11H2,1-3H3. The third kappa shape index (κ3) is 7.41. The van der Waals surface area contributed by atoms with Gasteiger partial charge in [-0.15, -0.1) is 0 Å². The highest BCUT2D eigenvalue weighted by Gasteiger charge is 2.15. The molecule has 2 N–H and O–H groups in total. The fourth-order valence-electron chi connectivity index (χ4n) is 1.80. The minimum absolute atomic E-state index is 0.165. The molecule has 21 heavy (non-hydrogen) atoms. The Morgan fingerprint density at radius 2 is 1.86 bits per heavy atom. The zero-order valence-electron chi connectivity index (χ0n) is 13.0. The maximum absolute atomic E-state index is 12.7. The van der Waals surface area contributed by atoms with Gasteiger partial charge in [-0.05, 0) is 37.1 Å². The van der Waals surface area contributed by atoms with E-state index in [2.05, 4.69) is 19.2 Å². The molecule has 4 nitrogen and oxygen atoms in total. The lowest BCUT2D eigenvalue weighted by Crippen LogP contribution is -2.43. The van der Waals surface area contributed by atoms with Crippen LogP contribution in [0.15, 0.2) is 24.3 Å². The van der Waals surface area contributed by atoms with Crippen LogP contribution in [0.3, 0.4) is 0 Å². The lowest BCUT2D eigenvalue weighted by molar-refractivity contribution is 0.0798. The molecule has 2 atom stereocenters. The van der Waals surface area contributed by atoms with Gasteiger partial charge >= 0.3 is 0 Å². The minimum Gasteiger partial charge on any atom is -0.491 e. The number of aliphatic hydroxyl groups excluding tert-OH is 1. The first kappa shape index (κ1) is 17.9. The predicted molar refractivity (Wildman–Crippen MR) is 81.0 cm³/mol. The molecule has 0 spiro atoms. The van der Waals surface area contributed by atoms with Crippen molar-refractivity contribution in [3.8, 4) is 5.75 Å². The van der Waals surface area contributed by atoms with E-state index in [9.17, 15) is 9.50 Å². The Bertz CT molecular complexity index is 384. The molecule has 0 aliphatic heterocycles. The molecule has 1 aromatic rings. The van der Waals surface area contributed by atoms with Crippen LogP contribution in [0.4, 0.5) is 4.39 Å². The van der Waals surface area contributed by atoms with E-state index in [0.717, 1.165) is 0 Å². The summed E-state index contributed by atoms with van der Waals surface area (Å²) in [4.78, 5) is 0. The minimum atomic E-state index is -0.627. The summed E-state index contributed by atoms with van der Waals surface area (Å²) in [7, 11) is 0. The predicted octanol–water partition coefficient (Wildman–Crippen LogP) is 2.22. The molecule has 0 heterocycles. The summed E-state index contributed by atoms with van der Waals surface area (Å²) in [5.41, 5.74) is 0.